The van der Waals surface area contributed by atoms with Crippen molar-refractivity contribution in [1.29, 1.82) is 0 Å². The smallest absolute Gasteiger partial charge is 0.0159 e. The number of benzene rings is 4. The second kappa shape index (κ2) is 6.59. The third-order valence-corrected chi connectivity index (χ3v) is 6.78. The minimum absolute atomic E-state index is 0.0297. The Morgan fingerprint density at radius 2 is 1.45 bits per heavy atom. The van der Waals surface area contributed by atoms with E-state index in [0.717, 1.165) is 6.42 Å². The maximum Gasteiger partial charge on any atom is 0.0159 e. The van der Waals surface area contributed by atoms with Crippen molar-refractivity contribution in [3.63, 3.8) is 0 Å². The Hall–Kier alpha value is -2.86. The van der Waals surface area contributed by atoms with E-state index in [-0.39, 0.29) is 5.41 Å². The van der Waals surface area contributed by atoms with Crippen LogP contribution in [0.5, 0.6) is 0 Å². The van der Waals surface area contributed by atoms with E-state index in [9.17, 15) is 0 Å². The van der Waals surface area contributed by atoms with E-state index in [2.05, 4.69) is 107 Å². The average Bonchev–Trinajstić information content (AvgIpc) is 2.95. The van der Waals surface area contributed by atoms with Crippen molar-refractivity contribution in [3.8, 4) is 11.1 Å². The van der Waals surface area contributed by atoms with Gasteiger partial charge in [0.1, 0.15) is 0 Å². The fourth-order valence-corrected chi connectivity index (χ4v) is 5.21. The molecule has 0 nitrogen and oxygen atoms in total. The zero-order valence-corrected chi connectivity index (χ0v) is 17.8. The van der Waals surface area contributed by atoms with Gasteiger partial charge >= 0.3 is 0 Å². The van der Waals surface area contributed by atoms with Crippen molar-refractivity contribution in [2.24, 2.45) is 0 Å². The van der Waals surface area contributed by atoms with Gasteiger partial charge in [0.05, 0.1) is 0 Å². The topological polar surface area (TPSA) is 0 Å². The van der Waals surface area contributed by atoms with Gasteiger partial charge in [-0.1, -0.05) is 105 Å². The van der Waals surface area contributed by atoms with Crippen LogP contribution in [0.15, 0.2) is 78.9 Å². The minimum atomic E-state index is 0.0297. The summed E-state index contributed by atoms with van der Waals surface area (Å²) in [5.74, 6) is 0.467. The fraction of sp³-hybridized carbons (Fsp3) is 0.241. The highest BCUT2D eigenvalue weighted by Gasteiger charge is 2.37. The van der Waals surface area contributed by atoms with Gasteiger partial charge in [-0.15, -0.1) is 0 Å². The Balaban J connectivity index is 1.74. The number of aryl methyl sites for hydroxylation is 1. The highest BCUT2D eigenvalue weighted by Crippen LogP contribution is 2.52. The van der Waals surface area contributed by atoms with Gasteiger partial charge in [0.2, 0.25) is 0 Å². The van der Waals surface area contributed by atoms with Crippen LogP contribution >= 0.6 is 0 Å². The Morgan fingerprint density at radius 1 is 0.759 bits per heavy atom. The van der Waals surface area contributed by atoms with Crippen molar-refractivity contribution in [1.82, 2.24) is 0 Å². The second-order valence-electron chi connectivity index (χ2n) is 9.20. The molecule has 29 heavy (non-hydrogen) atoms. The normalized spacial score (nSPS) is 15.2. The lowest BCUT2D eigenvalue weighted by molar-refractivity contribution is 0.656. The summed E-state index contributed by atoms with van der Waals surface area (Å²) in [5.41, 5.74) is 10.0. The molecule has 0 heterocycles. The number of hydrogen-bond acceptors (Lipinski definition) is 0. The third-order valence-electron chi connectivity index (χ3n) is 6.78. The summed E-state index contributed by atoms with van der Waals surface area (Å²) in [6.07, 6.45) is 1.07. The standard InChI is InChI=1S/C29H28/c1-19-14-15-24-26(16-19)29(3,4)27-18-25(20(2)17-21-10-6-5-7-11-21)22-12-8-9-13-23(22)28(24)27/h5-16,18,20H,17H2,1-4H3. The van der Waals surface area contributed by atoms with Gasteiger partial charge in [-0.05, 0) is 63.4 Å². The van der Waals surface area contributed by atoms with Crippen molar-refractivity contribution in [2.45, 2.75) is 45.4 Å². The summed E-state index contributed by atoms with van der Waals surface area (Å²) < 4.78 is 0. The maximum absolute atomic E-state index is 2.51. The lowest BCUT2D eigenvalue weighted by atomic mass is 9.79. The van der Waals surface area contributed by atoms with Gasteiger partial charge in [0.15, 0.2) is 0 Å². The van der Waals surface area contributed by atoms with Crippen LogP contribution in [-0.2, 0) is 11.8 Å². The lowest BCUT2D eigenvalue weighted by Gasteiger charge is -2.24. The molecule has 0 saturated carbocycles. The summed E-state index contributed by atoms with van der Waals surface area (Å²) in [6, 6.07) is 29.4. The Morgan fingerprint density at radius 3 is 2.21 bits per heavy atom. The van der Waals surface area contributed by atoms with Crippen LogP contribution < -0.4 is 0 Å². The van der Waals surface area contributed by atoms with Crippen LogP contribution in [0, 0.1) is 6.92 Å². The van der Waals surface area contributed by atoms with Crippen molar-refractivity contribution in [3.05, 3.63) is 107 Å². The summed E-state index contributed by atoms with van der Waals surface area (Å²) in [4.78, 5) is 0. The van der Waals surface area contributed by atoms with E-state index in [1.807, 2.05) is 0 Å². The lowest BCUT2D eigenvalue weighted by Crippen LogP contribution is -2.16. The van der Waals surface area contributed by atoms with Gasteiger partial charge in [-0.25, -0.2) is 0 Å². The SMILES string of the molecule is Cc1ccc2c(c1)C(C)(C)c1cc(C(C)Cc3ccccc3)c3ccccc3c1-2. The molecule has 4 aromatic carbocycles. The summed E-state index contributed by atoms with van der Waals surface area (Å²) in [5, 5.41) is 2.80. The monoisotopic (exact) mass is 376 g/mol. The molecule has 5 rings (SSSR count). The van der Waals surface area contributed by atoms with Gasteiger partial charge < -0.3 is 0 Å². The second-order valence-corrected chi connectivity index (χ2v) is 9.20. The molecule has 1 aliphatic carbocycles. The zero-order valence-electron chi connectivity index (χ0n) is 17.8. The van der Waals surface area contributed by atoms with E-state index >= 15 is 0 Å². The average molecular weight is 377 g/mol. The van der Waals surface area contributed by atoms with Crippen LogP contribution in [0.4, 0.5) is 0 Å². The first-order valence-electron chi connectivity index (χ1n) is 10.7. The third kappa shape index (κ3) is 2.82. The predicted molar refractivity (Wildman–Crippen MR) is 125 cm³/mol. The molecule has 1 unspecified atom stereocenters. The molecule has 0 bridgehead atoms. The summed E-state index contributed by atoms with van der Waals surface area (Å²) >= 11 is 0. The molecular weight excluding hydrogens is 348 g/mol. The van der Waals surface area contributed by atoms with E-state index in [1.54, 1.807) is 0 Å². The van der Waals surface area contributed by atoms with Crippen LogP contribution in [0.3, 0.4) is 0 Å². The molecule has 0 aliphatic heterocycles. The first kappa shape index (κ1) is 18.2. The first-order valence-corrected chi connectivity index (χ1v) is 10.7. The molecule has 0 fully saturated rings. The summed E-state index contributed by atoms with van der Waals surface area (Å²) in [6.45, 7) is 9.35. The molecule has 0 N–H and O–H groups in total. The van der Waals surface area contributed by atoms with Crippen LogP contribution in [0.1, 0.15) is 54.5 Å². The fourth-order valence-electron chi connectivity index (χ4n) is 5.21. The van der Waals surface area contributed by atoms with Crippen molar-refractivity contribution < 1.29 is 0 Å². The number of rotatable bonds is 3. The predicted octanol–water partition coefficient (Wildman–Crippen LogP) is 7.80. The van der Waals surface area contributed by atoms with Gasteiger partial charge in [-0.2, -0.15) is 0 Å². The van der Waals surface area contributed by atoms with Gasteiger partial charge in [0, 0.05) is 5.41 Å². The van der Waals surface area contributed by atoms with E-state index in [4.69, 9.17) is 0 Å². The van der Waals surface area contributed by atoms with Gasteiger partial charge in [0.25, 0.3) is 0 Å². The van der Waals surface area contributed by atoms with E-state index in [1.165, 1.54) is 49.7 Å². The molecule has 0 amide bonds. The maximum atomic E-state index is 2.51. The molecule has 0 aromatic heterocycles. The molecule has 1 aliphatic rings. The molecular formula is C29H28. The summed E-state index contributed by atoms with van der Waals surface area (Å²) in [7, 11) is 0. The minimum Gasteiger partial charge on any atom is -0.0622 e. The van der Waals surface area contributed by atoms with Crippen molar-refractivity contribution >= 4 is 10.8 Å². The van der Waals surface area contributed by atoms with Gasteiger partial charge in [-0.3, -0.25) is 0 Å². The van der Waals surface area contributed by atoms with Crippen molar-refractivity contribution in [2.75, 3.05) is 0 Å². The Labute approximate surface area is 174 Å². The molecule has 0 heteroatoms. The molecule has 1 atom stereocenters. The Bertz CT molecular complexity index is 1210. The van der Waals surface area contributed by atoms with E-state index in [0.29, 0.717) is 5.92 Å². The van der Waals surface area contributed by atoms with E-state index < -0.39 is 0 Å². The first-order chi connectivity index (χ1) is 14.0. The number of hydrogen-bond donors (Lipinski definition) is 0. The molecule has 0 saturated heterocycles. The zero-order chi connectivity index (χ0) is 20.2. The molecule has 0 spiro atoms. The van der Waals surface area contributed by atoms with Crippen LogP contribution in [-0.4, -0.2) is 0 Å². The van der Waals surface area contributed by atoms with Crippen LogP contribution in [0.25, 0.3) is 21.9 Å². The quantitative estimate of drug-likeness (QED) is 0.342. The molecule has 0 radical (unpaired) electrons. The Kier molecular flexibility index (Phi) is 4.13. The highest BCUT2D eigenvalue weighted by atomic mass is 14.4. The van der Waals surface area contributed by atoms with Crippen LogP contribution in [0.2, 0.25) is 0 Å². The molecule has 144 valence electrons. The largest absolute Gasteiger partial charge is 0.0622 e. The highest BCUT2D eigenvalue weighted by molar-refractivity contribution is 6.04. The number of fused-ring (bicyclic) bond motifs is 5. The molecule has 4 aromatic rings.